The maximum Gasteiger partial charge on any atom is 0.253 e. The number of carbonyl (C=O) groups is 1. The highest BCUT2D eigenvalue weighted by atomic mass is 16.5. The number of nitrogens with one attached hydrogen (secondary N) is 1. The molecule has 4 N–H and O–H groups in total. The molecule has 100 valence electrons. The van der Waals surface area contributed by atoms with Crippen molar-refractivity contribution in [1.29, 1.82) is 0 Å². The number of likely N-dealkylation sites (tertiary alicyclic amines) is 1. The molecule has 1 aliphatic rings. The molecule has 1 aliphatic heterocycles. The topological polar surface area (TPSA) is 87.8 Å². The number of aliphatic hydroxyl groups is 1. The van der Waals surface area contributed by atoms with Crippen molar-refractivity contribution in [2.45, 2.75) is 37.8 Å². The number of carbonyl (C=O) groups excluding carboxylic acids is 1. The number of nitrogens with zero attached hydrogens (tertiary/aromatic N) is 1. The van der Waals surface area contributed by atoms with Crippen molar-refractivity contribution in [3.63, 3.8) is 0 Å². The minimum absolute atomic E-state index is 0.0231. The number of nitrogens with two attached hydrogens (primary N) is 1. The van der Waals surface area contributed by atoms with Crippen molar-refractivity contribution in [3.05, 3.63) is 0 Å². The van der Waals surface area contributed by atoms with Crippen LogP contribution in [0.25, 0.3) is 0 Å². The second-order valence-corrected chi connectivity index (χ2v) is 4.40. The summed E-state index contributed by atoms with van der Waals surface area (Å²) >= 11 is 0. The van der Waals surface area contributed by atoms with Gasteiger partial charge in [0.1, 0.15) is 6.04 Å². The average Bonchev–Trinajstić information content (AvgIpc) is 2.59. The van der Waals surface area contributed by atoms with Gasteiger partial charge < -0.3 is 9.84 Å². The Kier molecular flexibility index (Phi) is 6.43. The predicted octanol–water partition coefficient (Wildman–Crippen LogP) is -0.772. The molecule has 2 unspecified atom stereocenters. The molecule has 1 heterocycles. The van der Waals surface area contributed by atoms with E-state index < -0.39 is 6.04 Å². The minimum Gasteiger partial charge on any atom is -0.395 e. The summed E-state index contributed by atoms with van der Waals surface area (Å²) in [7, 11) is 1.56. The Morgan fingerprint density at radius 1 is 1.59 bits per heavy atom. The number of hydrogen-bond donors (Lipinski definition) is 3. The Bertz CT molecular complexity index is 238. The first-order valence-electron chi connectivity index (χ1n) is 6.10. The molecule has 17 heavy (non-hydrogen) atoms. The standard InChI is InChI=1S/C11H23N3O3/c1-17-8-10(11(16)13-12)14-6-4-2-3-5-9(14)7-15/h9-10,15H,2-8,12H2,1H3,(H,13,16). The number of methoxy groups -OCH3 is 1. The van der Waals surface area contributed by atoms with Crippen LogP contribution in [-0.2, 0) is 9.53 Å². The first-order chi connectivity index (χ1) is 8.24. The van der Waals surface area contributed by atoms with E-state index in [1.54, 1.807) is 7.11 Å². The summed E-state index contributed by atoms with van der Waals surface area (Å²) in [6, 6.07) is -0.393. The third-order valence-electron chi connectivity index (χ3n) is 3.30. The molecular formula is C11H23N3O3. The van der Waals surface area contributed by atoms with E-state index in [9.17, 15) is 9.90 Å². The van der Waals surface area contributed by atoms with Crippen molar-refractivity contribution in [2.24, 2.45) is 5.84 Å². The lowest BCUT2D eigenvalue weighted by molar-refractivity contribution is -0.130. The number of aliphatic hydroxyl groups excluding tert-OH is 1. The van der Waals surface area contributed by atoms with Gasteiger partial charge in [0.25, 0.3) is 5.91 Å². The third-order valence-corrected chi connectivity index (χ3v) is 3.30. The van der Waals surface area contributed by atoms with E-state index in [1.165, 1.54) is 0 Å². The maximum absolute atomic E-state index is 11.7. The molecule has 1 saturated heterocycles. The smallest absolute Gasteiger partial charge is 0.253 e. The summed E-state index contributed by atoms with van der Waals surface area (Å²) < 4.78 is 5.07. The molecule has 1 amide bonds. The molecule has 0 saturated carbocycles. The highest BCUT2D eigenvalue weighted by Crippen LogP contribution is 2.19. The van der Waals surface area contributed by atoms with Crippen LogP contribution >= 0.6 is 0 Å². The molecule has 0 spiro atoms. The molecule has 2 atom stereocenters. The normalized spacial score (nSPS) is 24.1. The average molecular weight is 245 g/mol. The fraction of sp³-hybridized carbons (Fsp3) is 0.909. The van der Waals surface area contributed by atoms with Crippen LogP contribution in [-0.4, -0.2) is 54.9 Å². The van der Waals surface area contributed by atoms with Crippen LogP contribution in [0, 0.1) is 0 Å². The number of amides is 1. The first-order valence-corrected chi connectivity index (χ1v) is 6.10. The summed E-state index contributed by atoms with van der Waals surface area (Å²) in [5.41, 5.74) is 2.17. The van der Waals surface area contributed by atoms with Gasteiger partial charge in [0, 0.05) is 13.2 Å². The SMILES string of the molecule is COCC(C(=O)NN)N1CCCCCC1CO. The Morgan fingerprint density at radius 2 is 2.35 bits per heavy atom. The zero-order valence-electron chi connectivity index (χ0n) is 10.4. The summed E-state index contributed by atoms with van der Waals surface area (Å²) in [5.74, 6) is 4.93. The van der Waals surface area contributed by atoms with Gasteiger partial charge in [-0.2, -0.15) is 0 Å². The van der Waals surface area contributed by atoms with Crippen LogP contribution in [0.4, 0.5) is 0 Å². The summed E-state index contributed by atoms with van der Waals surface area (Å²) in [6.45, 7) is 1.16. The van der Waals surface area contributed by atoms with Gasteiger partial charge in [0.2, 0.25) is 0 Å². The Labute approximate surface area is 102 Å². The summed E-state index contributed by atoms with van der Waals surface area (Å²) in [4.78, 5) is 13.7. The van der Waals surface area contributed by atoms with E-state index in [1.807, 2.05) is 4.90 Å². The fourth-order valence-corrected chi connectivity index (χ4v) is 2.38. The molecule has 1 fully saturated rings. The minimum atomic E-state index is -0.416. The van der Waals surface area contributed by atoms with Gasteiger partial charge in [-0.15, -0.1) is 0 Å². The molecule has 0 aromatic heterocycles. The second-order valence-electron chi connectivity index (χ2n) is 4.40. The fourth-order valence-electron chi connectivity index (χ4n) is 2.38. The van der Waals surface area contributed by atoms with Gasteiger partial charge in [0.15, 0.2) is 0 Å². The number of rotatable bonds is 5. The summed E-state index contributed by atoms with van der Waals surface area (Å²) in [5, 5.41) is 9.41. The van der Waals surface area contributed by atoms with E-state index in [4.69, 9.17) is 10.6 Å². The molecular weight excluding hydrogens is 222 g/mol. The van der Waals surface area contributed by atoms with Gasteiger partial charge in [-0.05, 0) is 19.4 Å². The van der Waals surface area contributed by atoms with Crippen molar-refractivity contribution in [1.82, 2.24) is 10.3 Å². The summed E-state index contributed by atoms with van der Waals surface area (Å²) in [6.07, 6.45) is 4.17. The van der Waals surface area contributed by atoms with Gasteiger partial charge >= 0.3 is 0 Å². The lowest BCUT2D eigenvalue weighted by Gasteiger charge is -2.34. The van der Waals surface area contributed by atoms with Crippen LogP contribution in [0.5, 0.6) is 0 Å². The van der Waals surface area contributed by atoms with Crippen molar-refractivity contribution in [3.8, 4) is 0 Å². The molecule has 0 aromatic carbocycles. The van der Waals surface area contributed by atoms with Gasteiger partial charge in [0.05, 0.1) is 13.2 Å². The van der Waals surface area contributed by atoms with Gasteiger partial charge in [-0.25, -0.2) is 5.84 Å². The van der Waals surface area contributed by atoms with E-state index in [0.29, 0.717) is 6.61 Å². The van der Waals surface area contributed by atoms with Crippen molar-refractivity contribution < 1.29 is 14.6 Å². The maximum atomic E-state index is 11.7. The molecule has 0 aliphatic carbocycles. The quantitative estimate of drug-likeness (QED) is 0.336. The zero-order chi connectivity index (χ0) is 12.7. The number of ether oxygens (including phenoxy) is 1. The Hall–Kier alpha value is -0.690. The second kappa shape index (κ2) is 7.60. The van der Waals surface area contributed by atoms with Crippen LogP contribution in [0.3, 0.4) is 0 Å². The first kappa shape index (κ1) is 14.4. The van der Waals surface area contributed by atoms with Crippen molar-refractivity contribution in [2.75, 3.05) is 26.9 Å². The highest BCUT2D eigenvalue weighted by Gasteiger charge is 2.31. The molecule has 1 rings (SSSR count). The molecule has 0 bridgehead atoms. The number of hydrogen-bond acceptors (Lipinski definition) is 5. The van der Waals surface area contributed by atoms with Gasteiger partial charge in [-0.1, -0.05) is 12.8 Å². The lowest BCUT2D eigenvalue weighted by atomic mass is 10.1. The van der Waals surface area contributed by atoms with Crippen molar-refractivity contribution >= 4 is 5.91 Å². The van der Waals surface area contributed by atoms with Crippen LogP contribution in [0.15, 0.2) is 0 Å². The lowest BCUT2D eigenvalue weighted by Crippen LogP contribution is -2.55. The number of hydrazine groups is 1. The predicted molar refractivity (Wildman–Crippen MR) is 64.0 cm³/mol. The Balaban J connectivity index is 2.76. The monoisotopic (exact) mass is 245 g/mol. The van der Waals surface area contributed by atoms with E-state index >= 15 is 0 Å². The van der Waals surface area contributed by atoms with Gasteiger partial charge in [-0.3, -0.25) is 15.1 Å². The molecule has 6 heteroatoms. The molecule has 0 aromatic rings. The van der Waals surface area contributed by atoms with E-state index in [2.05, 4.69) is 5.43 Å². The van der Waals surface area contributed by atoms with E-state index in [0.717, 1.165) is 32.2 Å². The zero-order valence-corrected chi connectivity index (χ0v) is 10.4. The molecule has 6 nitrogen and oxygen atoms in total. The van der Waals surface area contributed by atoms with Crippen LogP contribution < -0.4 is 11.3 Å². The van der Waals surface area contributed by atoms with Crippen LogP contribution in [0.2, 0.25) is 0 Å². The van der Waals surface area contributed by atoms with E-state index in [-0.39, 0.29) is 18.6 Å². The van der Waals surface area contributed by atoms with Crippen LogP contribution in [0.1, 0.15) is 25.7 Å². The molecule has 0 radical (unpaired) electrons. The third kappa shape index (κ3) is 3.92. The largest absolute Gasteiger partial charge is 0.395 e. The highest BCUT2D eigenvalue weighted by molar-refractivity contribution is 5.81. The Morgan fingerprint density at radius 3 is 2.94 bits per heavy atom.